The molecule has 1 heterocycles. The summed E-state index contributed by atoms with van der Waals surface area (Å²) >= 11 is 7.49. The second-order valence-corrected chi connectivity index (χ2v) is 7.15. The third kappa shape index (κ3) is 5.28. The van der Waals surface area contributed by atoms with Gasteiger partial charge in [0, 0.05) is 23.9 Å². The topological polar surface area (TPSA) is 51.2 Å². The molecule has 1 amide bonds. The van der Waals surface area contributed by atoms with Gasteiger partial charge in [-0.2, -0.15) is 0 Å². The largest absolute Gasteiger partial charge is 0.479 e. The number of carbonyl (C=O) groups is 1. The lowest BCUT2D eigenvalue weighted by Gasteiger charge is -2.15. The number of nitrogens with one attached hydrogen (secondary N) is 1. The molecule has 0 bridgehead atoms. The predicted octanol–water partition coefficient (Wildman–Crippen LogP) is 4.73. The van der Waals surface area contributed by atoms with Crippen molar-refractivity contribution >= 4 is 28.8 Å². The van der Waals surface area contributed by atoms with E-state index in [2.05, 4.69) is 10.3 Å². The fourth-order valence-corrected chi connectivity index (χ4v) is 3.48. The Balaban J connectivity index is 1.48. The van der Waals surface area contributed by atoms with Gasteiger partial charge in [-0.15, -0.1) is 11.3 Å². The molecule has 27 heavy (non-hydrogen) atoms. The predicted molar refractivity (Wildman–Crippen MR) is 106 cm³/mol. The molecule has 1 atom stereocenters. The van der Waals surface area contributed by atoms with Crippen LogP contribution in [0, 0.1) is 5.82 Å². The van der Waals surface area contributed by atoms with Crippen LogP contribution in [-0.2, 0) is 11.2 Å². The summed E-state index contributed by atoms with van der Waals surface area (Å²) in [6.07, 6.45) is -0.123. The highest BCUT2D eigenvalue weighted by Gasteiger charge is 2.16. The number of ether oxygens (including phenoxy) is 1. The number of halogens is 2. The number of carbonyl (C=O) groups excluding carboxylic acids is 1. The van der Waals surface area contributed by atoms with Crippen LogP contribution >= 0.6 is 22.9 Å². The van der Waals surface area contributed by atoms with Crippen molar-refractivity contribution in [3.05, 3.63) is 70.4 Å². The molecule has 2 aromatic carbocycles. The third-order valence-corrected chi connectivity index (χ3v) is 5.06. The standard InChI is InChI=1S/C20H18ClFN2O2S/c1-13(26-18-8-7-15(22)11-17(18)21)19(25)23-10-9-16-12-27-20(24-16)14-5-3-2-4-6-14/h2-8,11-13H,9-10H2,1H3,(H,23,25)/t13-/m1/s1. The number of thiazole rings is 1. The van der Waals surface area contributed by atoms with Crippen LogP contribution < -0.4 is 10.1 Å². The molecular formula is C20H18ClFN2O2S. The maximum Gasteiger partial charge on any atom is 0.260 e. The van der Waals surface area contributed by atoms with E-state index in [1.165, 1.54) is 12.1 Å². The first-order valence-corrected chi connectivity index (χ1v) is 9.68. The maximum absolute atomic E-state index is 13.1. The molecule has 0 radical (unpaired) electrons. The van der Waals surface area contributed by atoms with E-state index in [0.29, 0.717) is 13.0 Å². The molecule has 1 aromatic heterocycles. The molecule has 3 rings (SSSR count). The summed E-state index contributed by atoms with van der Waals surface area (Å²) in [6, 6.07) is 13.7. The van der Waals surface area contributed by atoms with Crippen molar-refractivity contribution in [1.82, 2.24) is 10.3 Å². The summed E-state index contributed by atoms with van der Waals surface area (Å²) in [5.74, 6) is -0.454. The second kappa shape index (κ2) is 8.97. The highest BCUT2D eigenvalue weighted by Crippen LogP contribution is 2.26. The van der Waals surface area contributed by atoms with Crippen molar-refractivity contribution in [2.45, 2.75) is 19.4 Å². The van der Waals surface area contributed by atoms with E-state index in [1.54, 1.807) is 18.3 Å². The molecule has 1 N–H and O–H groups in total. The molecule has 0 aliphatic heterocycles. The van der Waals surface area contributed by atoms with Crippen LogP contribution in [0.15, 0.2) is 53.9 Å². The molecule has 0 saturated heterocycles. The molecular weight excluding hydrogens is 387 g/mol. The molecule has 7 heteroatoms. The van der Waals surface area contributed by atoms with Crippen molar-refractivity contribution in [2.75, 3.05) is 6.54 Å². The van der Waals surface area contributed by atoms with Gasteiger partial charge in [-0.3, -0.25) is 4.79 Å². The maximum atomic E-state index is 13.1. The van der Waals surface area contributed by atoms with E-state index in [4.69, 9.17) is 16.3 Å². The normalized spacial score (nSPS) is 11.8. The number of hydrogen-bond donors (Lipinski definition) is 1. The fraction of sp³-hybridized carbons (Fsp3) is 0.200. The summed E-state index contributed by atoms with van der Waals surface area (Å²) in [4.78, 5) is 16.8. The zero-order chi connectivity index (χ0) is 19.2. The first kappa shape index (κ1) is 19.3. The van der Waals surface area contributed by atoms with Crippen molar-refractivity contribution in [3.8, 4) is 16.3 Å². The van der Waals surface area contributed by atoms with Gasteiger partial charge < -0.3 is 10.1 Å². The Bertz CT molecular complexity index is 917. The van der Waals surface area contributed by atoms with Crippen LogP contribution in [0.4, 0.5) is 4.39 Å². The van der Waals surface area contributed by atoms with Gasteiger partial charge in [0.1, 0.15) is 16.6 Å². The Hall–Kier alpha value is -2.44. The number of hydrogen-bond acceptors (Lipinski definition) is 4. The van der Waals surface area contributed by atoms with Gasteiger partial charge >= 0.3 is 0 Å². The van der Waals surface area contributed by atoms with Crippen LogP contribution in [0.3, 0.4) is 0 Å². The second-order valence-electron chi connectivity index (χ2n) is 5.89. The fourth-order valence-electron chi connectivity index (χ4n) is 2.41. The zero-order valence-corrected chi connectivity index (χ0v) is 16.2. The highest BCUT2D eigenvalue weighted by molar-refractivity contribution is 7.13. The van der Waals surface area contributed by atoms with Crippen LogP contribution in [0.1, 0.15) is 12.6 Å². The minimum Gasteiger partial charge on any atom is -0.479 e. The average Bonchev–Trinajstić information content (AvgIpc) is 3.13. The smallest absolute Gasteiger partial charge is 0.260 e. The van der Waals surface area contributed by atoms with Crippen molar-refractivity contribution in [1.29, 1.82) is 0 Å². The first-order chi connectivity index (χ1) is 13.0. The Morgan fingerprint density at radius 3 is 2.81 bits per heavy atom. The Labute approximate surface area is 166 Å². The lowest BCUT2D eigenvalue weighted by atomic mass is 10.2. The molecule has 4 nitrogen and oxygen atoms in total. The third-order valence-electron chi connectivity index (χ3n) is 3.82. The minimum atomic E-state index is -0.747. The molecule has 0 saturated carbocycles. The number of amides is 1. The van der Waals surface area contributed by atoms with E-state index >= 15 is 0 Å². The first-order valence-electron chi connectivity index (χ1n) is 8.42. The van der Waals surface area contributed by atoms with Crippen molar-refractivity contribution in [3.63, 3.8) is 0 Å². The van der Waals surface area contributed by atoms with Gasteiger partial charge in [-0.05, 0) is 25.1 Å². The van der Waals surface area contributed by atoms with Gasteiger partial charge in [-0.25, -0.2) is 9.37 Å². The van der Waals surface area contributed by atoms with Crippen molar-refractivity contribution in [2.24, 2.45) is 0 Å². The summed E-state index contributed by atoms with van der Waals surface area (Å²) in [6.45, 7) is 2.06. The summed E-state index contributed by atoms with van der Waals surface area (Å²) in [5, 5.41) is 5.90. The van der Waals surface area contributed by atoms with Gasteiger partial charge in [0.25, 0.3) is 5.91 Å². The summed E-state index contributed by atoms with van der Waals surface area (Å²) < 4.78 is 18.6. The quantitative estimate of drug-likeness (QED) is 0.619. The number of benzene rings is 2. The Morgan fingerprint density at radius 2 is 2.07 bits per heavy atom. The number of rotatable bonds is 7. The Morgan fingerprint density at radius 1 is 1.30 bits per heavy atom. The van der Waals surface area contributed by atoms with E-state index < -0.39 is 11.9 Å². The molecule has 3 aromatic rings. The molecule has 140 valence electrons. The molecule has 0 unspecified atom stereocenters. The molecule has 0 fully saturated rings. The summed E-state index contributed by atoms with van der Waals surface area (Å²) in [7, 11) is 0. The summed E-state index contributed by atoms with van der Waals surface area (Å²) in [5.41, 5.74) is 2.00. The van der Waals surface area contributed by atoms with E-state index in [9.17, 15) is 9.18 Å². The van der Waals surface area contributed by atoms with Crippen molar-refractivity contribution < 1.29 is 13.9 Å². The monoisotopic (exact) mass is 404 g/mol. The lowest BCUT2D eigenvalue weighted by molar-refractivity contribution is -0.127. The van der Waals surface area contributed by atoms with E-state index in [-0.39, 0.29) is 16.7 Å². The van der Waals surface area contributed by atoms with E-state index in [0.717, 1.165) is 22.3 Å². The van der Waals surface area contributed by atoms with Gasteiger partial charge in [-0.1, -0.05) is 41.9 Å². The van der Waals surface area contributed by atoms with Gasteiger partial charge in [0.05, 0.1) is 10.7 Å². The number of nitrogens with zero attached hydrogens (tertiary/aromatic N) is 1. The van der Waals surface area contributed by atoms with Crippen LogP contribution in [-0.4, -0.2) is 23.5 Å². The molecule has 0 aliphatic carbocycles. The Kier molecular flexibility index (Phi) is 6.42. The highest BCUT2D eigenvalue weighted by atomic mass is 35.5. The van der Waals surface area contributed by atoms with Crippen LogP contribution in [0.2, 0.25) is 5.02 Å². The van der Waals surface area contributed by atoms with Gasteiger partial charge in [0.15, 0.2) is 6.10 Å². The van der Waals surface area contributed by atoms with Gasteiger partial charge in [0.2, 0.25) is 0 Å². The number of aromatic nitrogens is 1. The van der Waals surface area contributed by atoms with Crippen LogP contribution in [0.25, 0.3) is 10.6 Å². The molecule has 0 aliphatic rings. The SMILES string of the molecule is C[C@@H](Oc1ccc(F)cc1Cl)C(=O)NCCc1csc(-c2ccccc2)n1. The zero-order valence-electron chi connectivity index (χ0n) is 14.6. The lowest BCUT2D eigenvalue weighted by Crippen LogP contribution is -2.37. The van der Waals surface area contributed by atoms with Crippen LogP contribution in [0.5, 0.6) is 5.75 Å². The minimum absolute atomic E-state index is 0.130. The van der Waals surface area contributed by atoms with E-state index in [1.807, 2.05) is 35.7 Å². The average molecular weight is 405 g/mol. The molecule has 0 spiro atoms.